The van der Waals surface area contributed by atoms with Crippen LogP contribution < -0.4 is 5.32 Å². The van der Waals surface area contributed by atoms with Gasteiger partial charge in [-0.15, -0.1) is 11.3 Å². The van der Waals surface area contributed by atoms with Crippen LogP contribution >= 0.6 is 11.3 Å². The van der Waals surface area contributed by atoms with E-state index in [1.807, 2.05) is 5.38 Å². The molecule has 130 valence electrons. The molecule has 1 heterocycles. The highest BCUT2D eigenvalue weighted by Crippen LogP contribution is 2.23. The van der Waals surface area contributed by atoms with E-state index in [-0.39, 0.29) is 29.0 Å². The van der Waals surface area contributed by atoms with E-state index < -0.39 is 9.84 Å². The van der Waals surface area contributed by atoms with Crippen molar-refractivity contribution < 1.29 is 13.2 Å². The molecule has 0 fully saturated rings. The monoisotopic (exact) mass is 366 g/mol. The summed E-state index contributed by atoms with van der Waals surface area (Å²) in [6, 6.07) is 8.03. The number of thiazole rings is 1. The highest BCUT2D eigenvalue weighted by molar-refractivity contribution is 7.91. The molecule has 5 nitrogen and oxygen atoms in total. The molecule has 0 aliphatic rings. The second kappa shape index (κ2) is 8.39. The predicted octanol–water partition coefficient (Wildman–Crippen LogP) is 3.21. The second-order valence-electron chi connectivity index (χ2n) is 6.00. The van der Waals surface area contributed by atoms with Gasteiger partial charge in [0.1, 0.15) is 5.01 Å². The number of carbonyl (C=O) groups excluding carboxylic acids is 1. The number of carbonyl (C=O) groups is 1. The molecule has 0 bridgehead atoms. The largest absolute Gasteiger partial charge is 0.347 e. The average Bonchev–Trinajstić information content (AvgIpc) is 3.07. The number of nitrogens with one attached hydrogen (secondary N) is 1. The van der Waals surface area contributed by atoms with Crippen LogP contribution in [0, 0.1) is 5.92 Å². The topological polar surface area (TPSA) is 76.1 Å². The first-order valence-corrected chi connectivity index (χ1v) is 10.4. The van der Waals surface area contributed by atoms with E-state index in [0.717, 1.165) is 11.4 Å². The number of hydrogen-bond acceptors (Lipinski definition) is 5. The molecule has 24 heavy (non-hydrogen) atoms. The Hall–Kier alpha value is -1.73. The number of benzene rings is 1. The van der Waals surface area contributed by atoms with Gasteiger partial charge >= 0.3 is 0 Å². The van der Waals surface area contributed by atoms with E-state index in [0.29, 0.717) is 5.92 Å². The van der Waals surface area contributed by atoms with Gasteiger partial charge in [0.2, 0.25) is 5.91 Å². The highest BCUT2D eigenvalue weighted by atomic mass is 32.2. The first-order chi connectivity index (χ1) is 11.4. The molecule has 1 N–H and O–H groups in total. The number of hydrogen-bond donors (Lipinski definition) is 1. The van der Waals surface area contributed by atoms with Crippen molar-refractivity contribution in [2.75, 3.05) is 5.75 Å². The molecule has 1 unspecified atom stereocenters. The average molecular weight is 367 g/mol. The first-order valence-electron chi connectivity index (χ1n) is 7.85. The van der Waals surface area contributed by atoms with Gasteiger partial charge in [-0.3, -0.25) is 4.79 Å². The molecule has 0 radical (unpaired) electrons. The zero-order valence-corrected chi connectivity index (χ0v) is 15.4. The minimum atomic E-state index is -3.44. The van der Waals surface area contributed by atoms with Gasteiger partial charge in [0.15, 0.2) is 9.84 Å². The second-order valence-corrected chi connectivity index (χ2v) is 9.04. The number of aromatic nitrogens is 1. The van der Waals surface area contributed by atoms with Crippen LogP contribution in [-0.4, -0.2) is 25.1 Å². The van der Waals surface area contributed by atoms with Crippen LogP contribution in [0.15, 0.2) is 46.8 Å². The van der Waals surface area contributed by atoms with Crippen LogP contribution in [0.1, 0.15) is 37.7 Å². The van der Waals surface area contributed by atoms with Crippen molar-refractivity contribution in [1.29, 1.82) is 0 Å². The molecule has 2 aromatic rings. The van der Waals surface area contributed by atoms with Crippen molar-refractivity contribution in [3.63, 3.8) is 0 Å². The van der Waals surface area contributed by atoms with Gasteiger partial charge < -0.3 is 5.32 Å². The molecule has 1 atom stereocenters. The Morgan fingerprint density at radius 2 is 1.96 bits per heavy atom. The molecular weight excluding hydrogens is 344 g/mol. The zero-order chi connectivity index (χ0) is 17.6. The molecule has 0 spiro atoms. The lowest BCUT2D eigenvalue weighted by molar-refractivity contribution is -0.121. The van der Waals surface area contributed by atoms with Crippen molar-refractivity contribution in [2.45, 2.75) is 37.6 Å². The molecule has 1 aromatic carbocycles. The molecular formula is C17H22N2O3S2. The summed E-state index contributed by atoms with van der Waals surface area (Å²) in [5.41, 5.74) is 0. The standard InChI is InChI=1S/C17H22N2O3S2/c1-13(2)12-15(17-18-9-10-23-17)19-16(20)8-11-24(21,22)14-6-4-3-5-7-14/h3-7,9-10,13,15H,8,11-12H2,1-2H3,(H,19,20). The van der Waals surface area contributed by atoms with E-state index in [4.69, 9.17) is 0 Å². The summed E-state index contributed by atoms with van der Waals surface area (Å²) in [6.45, 7) is 4.15. The van der Waals surface area contributed by atoms with Crippen LogP contribution in [0.5, 0.6) is 0 Å². The Morgan fingerprint density at radius 1 is 1.25 bits per heavy atom. The summed E-state index contributed by atoms with van der Waals surface area (Å²) < 4.78 is 24.5. The summed E-state index contributed by atoms with van der Waals surface area (Å²) in [7, 11) is -3.44. The lowest BCUT2D eigenvalue weighted by Gasteiger charge is -2.18. The third-order valence-corrected chi connectivity index (χ3v) is 6.11. The third kappa shape index (κ3) is 5.42. The SMILES string of the molecule is CC(C)CC(NC(=O)CCS(=O)(=O)c1ccccc1)c1nccs1. The van der Waals surface area contributed by atoms with E-state index in [1.54, 1.807) is 36.5 Å². The van der Waals surface area contributed by atoms with Crippen LogP contribution in [0.2, 0.25) is 0 Å². The van der Waals surface area contributed by atoms with E-state index in [9.17, 15) is 13.2 Å². The fourth-order valence-corrected chi connectivity index (χ4v) is 4.30. The van der Waals surface area contributed by atoms with Gasteiger partial charge in [-0.05, 0) is 24.5 Å². The first kappa shape index (κ1) is 18.6. The van der Waals surface area contributed by atoms with Crippen LogP contribution in [0.4, 0.5) is 0 Å². The van der Waals surface area contributed by atoms with Gasteiger partial charge in [-0.2, -0.15) is 0 Å². The van der Waals surface area contributed by atoms with Crippen molar-refractivity contribution in [3.8, 4) is 0 Å². The predicted molar refractivity (Wildman–Crippen MR) is 95.6 cm³/mol. The molecule has 0 saturated carbocycles. The Morgan fingerprint density at radius 3 is 2.54 bits per heavy atom. The number of rotatable bonds is 8. The Bertz CT molecular complexity index is 741. The Kier molecular flexibility index (Phi) is 6.51. The molecule has 1 aromatic heterocycles. The van der Waals surface area contributed by atoms with Crippen LogP contribution in [0.25, 0.3) is 0 Å². The molecule has 1 amide bonds. The van der Waals surface area contributed by atoms with Crippen molar-refractivity contribution in [2.24, 2.45) is 5.92 Å². The fourth-order valence-electron chi connectivity index (χ4n) is 2.34. The maximum Gasteiger partial charge on any atom is 0.221 e. The van der Waals surface area contributed by atoms with Gasteiger partial charge in [0.05, 0.1) is 16.7 Å². The highest BCUT2D eigenvalue weighted by Gasteiger charge is 2.21. The number of amides is 1. The maximum atomic E-state index is 12.2. The Balaban J connectivity index is 1.96. The summed E-state index contributed by atoms with van der Waals surface area (Å²) >= 11 is 1.49. The lowest BCUT2D eigenvalue weighted by Crippen LogP contribution is -2.30. The number of nitrogens with zero attached hydrogens (tertiary/aromatic N) is 1. The van der Waals surface area contributed by atoms with Gasteiger partial charge in [-0.25, -0.2) is 13.4 Å². The van der Waals surface area contributed by atoms with Gasteiger partial charge in [0, 0.05) is 18.0 Å². The summed E-state index contributed by atoms with van der Waals surface area (Å²) in [5.74, 6) is -0.0719. The molecule has 7 heteroatoms. The third-order valence-electron chi connectivity index (χ3n) is 3.49. The van der Waals surface area contributed by atoms with Crippen molar-refractivity contribution in [3.05, 3.63) is 46.9 Å². The molecule has 2 rings (SSSR count). The zero-order valence-electron chi connectivity index (χ0n) is 13.8. The van der Waals surface area contributed by atoms with Crippen molar-refractivity contribution >= 4 is 27.1 Å². The Labute approximate surface area is 147 Å². The smallest absolute Gasteiger partial charge is 0.221 e. The van der Waals surface area contributed by atoms with E-state index >= 15 is 0 Å². The van der Waals surface area contributed by atoms with E-state index in [2.05, 4.69) is 24.1 Å². The number of sulfone groups is 1. The van der Waals surface area contributed by atoms with Crippen molar-refractivity contribution in [1.82, 2.24) is 10.3 Å². The van der Waals surface area contributed by atoms with Crippen LogP contribution in [0.3, 0.4) is 0 Å². The minimum Gasteiger partial charge on any atom is -0.347 e. The van der Waals surface area contributed by atoms with Gasteiger partial charge in [0.25, 0.3) is 0 Å². The molecule has 0 aliphatic heterocycles. The minimum absolute atomic E-state index is 0.0583. The fraction of sp³-hybridized carbons (Fsp3) is 0.412. The quantitative estimate of drug-likeness (QED) is 0.778. The maximum absolute atomic E-state index is 12.2. The summed E-state index contributed by atoms with van der Waals surface area (Å²) in [5, 5.41) is 5.64. The lowest BCUT2D eigenvalue weighted by atomic mass is 10.0. The van der Waals surface area contributed by atoms with E-state index in [1.165, 1.54) is 11.3 Å². The summed E-state index contributed by atoms with van der Waals surface area (Å²) in [4.78, 5) is 16.7. The molecule has 0 aliphatic carbocycles. The summed E-state index contributed by atoms with van der Waals surface area (Å²) in [6.07, 6.45) is 2.42. The normalized spacial score (nSPS) is 13.0. The van der Waals surface area contributed by atoms with Crippen LogP contribution in [-0.2, 0) is 14.6 Å². The molecule has 0 saturated heterocycles. The van der Waals surface area contributed by atoms with Gasteiger partial charge in [-0.1, -0.05) is 32.0 Å².